The fraction of sp³-hybridized carbons (Fsp3) is 0.286. The Morgan fingerprint density at radius 2 is 1.90 bits per heavy atom. The molecule has 0 unspecified atom stereocenters. The molecule has 0 spiro atoms. The molecule has 3 aromatic rings. The van der Waals surface area contributed by atoms with Gasteiger partial charge in [-0.2, -0.15) is 0 Å². The number of fused-ring (bicyclic) bond motifs is 1. The van der Waals surface area contributed by atoms with Gasteiger partial charge in [0.25, 0.3) is 0 Å². The summed E-state index contributed by atoms with van der Waals surface area (Å²) in [5.74, 6) is -0.365. The molecule has 0 saturated carbocycles. The number of nitroso groups, excluding NO2 is 1. The van der Waals surface area contributed by atoms with Gasteiger partial charge in [-0.15, -0.1) is 4.91 Å². The van der Waals surface area contributed by atoms with Crippen LogP contribution >= 0.6 is 11.3 Å². The Balaban J connectivity index is 2.22. The van der Waals surface area contributed by atoms with E-state index in [1.54, 1.807) is 51.1 Å². The normalized spacial score (nSPS) is 11.1. The van der Waals surface area contributed by atoms with Crippen LogP contribution in [-0.4, -0.2) is 36.9 Å². The van der Waals surface area contributed by atoms with Crippen LogP contribution in [0, 0.1) is 4.91 Å². The zero-order valence-electron chi connectivity index (χ0n) is 17.6. The number of nitrogens with zero attached hydrogens (tertiary/aromatic N) is 2. The summed E-state index contributed by atoms with van der Waals surface area (Å²) < 4.78 is 16.3. The van der Waals surface area contributed by atoms with Crippen molar-refractivity contribution in [1.29, 1.82) is 0 Å². The molecule has 1 N–H and O–H groups in total. The van der Waals surface area contributed by atoms with Crippen molar-refractivity contribution in [3.8, 4) is 16.9 Å². The molecule has 0 aliphatic rings. The van der Waals surface area contributed by atoms with Crippen LogP contribution in [0.3, 0.4) is 0 Å². The lowest BCUT2D eigenvalue weighted by Gasteiger charge is -2.18. The summed E-state index contributed by atoms with van der Waals surface area (Å²) in [7, 11) is 2.69. The van der Waals surface area contributed by atoms with Gasteiger partial charge in [0.15, 0.2) is 5.13 Å². The summed E-state index contributed by atoms with van der Waals surface area (Å²) in [4.78, 5) is 40.1. The topological polar surface area (TPSA) is 116 Å². The van der Waals surface area contributed by atoms with Crippen LogP contribution in [0.2, 0.25) is 0 Å². The maximum atomic E-state index is 12.4. The maximum absolute atomic E-state index is 12.4. The number of methoxy groups -OCH3 is 2. The third kappa shape index (κ3) is 4.80. The van der Waals surface area contributed by atoms with Gasteiger partial charge >= 0.3 is 12.1 Å². The molecule has 3 rings (SSSR count). The van der Waals surface area contributed by atoms with Crippen molar-refractivity contribution in [2.75, 3.05) is 19.5 Å². The number of benzene rings is 2. The quantitative estimate of drug-likeness (QED) is 0.408. The first-order chi connectivity index (χ1) is 14.7. The van der Waals surface area contributed by atoms with Crippen LogP contribution in [0.15, 0.2) is 35.5 Å². The number of amides is 1. The molecule has 10 heteroatoms. The van der Waals surface area contributed by atoms with E-state index in [9.17, 15) is 14.5 Å². The Morgan fingerprint density at radius 3 is 2.52 bits per heavy atom. The molecule has 1 aromatic heterocycles. The van der Waals surface area contributed by atoms with Crippen LogP contribution in [-0.2, 0) is 9.47 Å². The number of rotatable bonds is 5. The number of hydrogen-bond acceptors (Lipinski definition) is 9. The fourth-order valence-corrected chi connectivity index (χ4v) is 3.85. The predicted molar refractivity (Wildman–Crippen MR) is 118 cm³/mol. The first kappa shape index (κ1) is 22.2. The molecule has 0 fully saturated rings. The van der Waals surface area contributed by atoms with Gasteiger partial charge in [-0.1, -0.05) is 23.5 Å². The van der Waals surface area contributed by atoms with E-state index in [0.29, 0.717) is 21.3 Å². The monoisotopic (exact) mass is 443 g/mol. The van der Waals surface area contributed by atoms with Gasteiger partial charge in [-0.05, 0) is 49.7 Å². The molecule has 9 nitrogen and oxygen atoms in total. The minimum absolute atomic E-state index is 0.185. The summed E-state index contributed by atoms with van der Waals surface area (Å²) in [5, 5.41) is 5.86. The SMILES string of the molecule is COC(=O)c1cc2sc(NC(=O)OC(C)(C)C)nc2c(-c2cccc(N=O)c2)c1OC. The molecule has 0 radical (unpaired) electrons. The van der Waals surface area contributed by atoms with Gasteiger partial charge < -0.3 is 14.2 Å². The number of carbonyl (C=O) groups is 2. The number of aromatic nitrogens is 1. The second kappa shape index (κ2) is 8.68. The molecule has 0 bridgehead atoms. The van der Waals surface area contributed by atoms with Gasteiger partial charge in [0, 0.05) is 0 Å². The standard InChI is InChI=1S/C21H21N3O6S/c1-21(2,3)30-20(26)23-19-22-16-14(31-19)10-13(18(25)29-5)17(28-4)15(16)11-7-6-8-12(9-11)24-27/h6-10H,1-5H3,(H,22,23,26). The number of hydrogen-bond donors (Lipinski definition) is 1. The highest BCUT2D eigenvalue weighted by Gasteiger charge is 2.25. The van der Waals surface area contributed by atoms with Crippen molar-refractivity contribution in [3.05, 3.63) is 40.8 Å². The van der Waals surface area contributed by atoms with Crippen molar-refractivity contribution < 1.29 is 23.8 Å². The number of thiazole rings is 1. The van der Waals surface area contributed by atoms with Crippen LogP contribution in [0.25, 0.3) is 21.3 Å². The van der Waals surface area contributed by atoms with Crippen molar-refractivity contribution in [1.82, 2.24) is 4.98 Å². The molecule has 31 heavy (non-hydrogen) atoms. The molecule has 2 aromatic carbocycles. The van der Waals surface area contributed by atoms with E-state index >= 15 is 0 Å². The summed E-state index contributed by atoms with van der Waals surface area (Å²) in [6, 6.07) is 8.11. The number of ether oxygens (including phenoxy) is 3. The van der Waals surface area contributed by atoms with E-state index in [2.05, 4.69) is 15.5 Å². The largest absolute Gasteiger partial charge is 0.495 e. The summed E-state index contributed by atoms with van der Waals surface area (Å²) in [6.45, 7) is 5.26. The lowest BCUT2D eigenvalue weighted by molar-refractivity contribution is 0.0595. The third-order valence-corrected chi connectivity index (χ3v) is 5.01. The number of carbonyl (C=O) groups excluding carboxylic acids is 2. The van der Waals surface area contributed by atoms with Gasteiger partial charge in [0.05, 0.1) is 30.0 Å². The minimum atomic E-state index is -0.671. The number of anilines is 1. The summed E-state index contributed by atoms with van der Waals surface area (Å²) in [5.41, 5.74) is 1.24. The molecule has 0 aliphatic carbocycles. The third-order valence-electron chi connectivity index (χ3n) is 4.09. The van der Waals surface area contributed by atoms with Gasteiger partial charge in [0.1, 0.15) is 22.6 Å². The Kier molecular flexibility index (Phi) is 6.21. The van der Waals surface area contributed by atoms with Crippen molar-refractivity contribution in [2.45, 2.75) is 26.4 Å². The average molecular weight is 443 g/mol. The number of nitrogens with one attached hydrogen (secondary N) is 1. The second-order valence-corrected chi connectivity index (χ2v) is 8.49. The zero-order valence-corrected chi connectivity index (χ0v) is 18.5. The van der Waals surface area contributed by atoms with Crippen molar-refractivity contribution in [2.24, 2.45) is 5.18 Å². The molecular formula is C21H21N3O6S. The van der Waals surface area contributed by atoms with E-state index in [-0.39, 0.29) is 22.1 Å². The maximum Gasteiger partial charge on any atom is 0.413 e. The summed E-state index contributed by atoms with van der Waals surface area (Å²) >= 11 is 1.16. The van der Waals surface area contributed by atoms with Crippen molar-refractivity contribution >= 4 is 44.4 Å². The lowest BCUT2D eigenvalue weighted by Crippen LogP contribution is -2.27. The Hall–Kier alpha value is -3.53. The highest BCUT2D eigenvalue weighted by molar-refractivity contribution is 7.22. The molecular weight excluding hydrogens is 422 g/mol. The molecule has 1 heterocycles. The smallest absolute Gasteiger partial charge is 0.413 e. The fourth-order valence-electron chi connectivity index (χ4n) is 2.95. The average Bonchev–Trinajstić information content (AvgIpc) is 3.11. The van der Waals surface area contributed by atoms with E-state index in [1.165, 1.54) is 14.2 Å². The Morgan fingerprint density at radius 1 is 1.16 bits per heavy atom. The molecule has 1 amide bonds. The van der Waals surface area contributed by atoms with Gasteiger partial charge in [0.2, 0.25) is 0 Å². The second-order valence-electron chi connectivity index (χ2n) is 7.46. The van der Waals surface area contributed by atoms with Crippen LogP contribution in [0.4, 0.5) is 15.6 Å². The highest BCUT2D eigenvalue weighted by atomic mass is 32.1. The van der Waals surface area contributed by atoms with Gasteiger partial charge in [-0.25, -0.2) is 14.6 Å². The first-order valence-electron chi connectivity index (χ1n) is 9.20. The van der Waals surface area contributed by atoms with Crippen molar-refractivity contribution in [3.63, 3.8) is 0 Å². The predicted octanol–water partition coefficient (Wildman–Crippen LogP) is 5.50. The molecule has 0 atom stereocenters. The number of esters is 1. The van der Waals surface area contributed by atoms with Crippen LogP contribution in [0.5, 0.6) is 5.75 Å². The Bertz CT molecular complexity index is 1170. The molecule has 0 aliphatic heterocycles. The zero-order chi connectivity index (χ0) is 22.8. The summed E-state index contributed by atoms with van der Waals surface area (Å²) in [6.07, 6.45) is -0.652. The highest BCUT2D eigenvalue weighted by Crippen LogP contribution is 2.43. The lowest BCUT2D eigenvalue weighted by atomic mass is 9.99. The van der Waals surface area contributed by atoms with E-state index in [0.717, 1.165) is 11.3 Å². The van der Waals surface area contributed by atoms with Crippen LogP contribution < -0.4 is 10.1 Å². The molecule has 162 valence electrons. The van der Waals surface area contributed by atoms with E-state index in [1.807, 2.05) is 0 Å². The van der Waals surface area contributed by atoms with E-state index in [4.69, 9.17) is 14.2 Å². The van der Waals surface area contributed by atoms with Gasteiger partial charge in [-0.3, -0.25) is 5.32 Å². The molecule has 0 saturated heterocycles. The first-order valence-corrected chi connectivity index (χ1v) is 10.0. The minimum Gasteiger partial charge on any atom is -0.495 e. The Labute approximate surface area is 182 Å². The van der Waals surface area contributed by atoms with E-state index < -0.39 is 17.7 Å². The van der Waals surface area contributed by atoms with Crippen LogP contribution in [0.1, 0.15) is 31.1 Å².